The van der Waals surface area contributed by atoms with E-state index in [2.05, 4.69) is 33.6 Å². The van der Waals surface area contributed by atoms with Crippen molar-refractivity contribution in [3.05, 3.63) is 71.5 Å². The van der Waals surface area contributed by atoms with Crippen molar-refractivity contribution in [2.45, 2.75) is 11.8 Å². The molecule has 0 aliphatic rings. The van der Waals surface area contributed by atoms with Gasteiger partial charge in [-0.15, -0.1) is 6.58 Å². The van der Waals surface area contributed by atoms with Crippen LogP contribution in [0.25, 0.3) is 0 Å². The van der Waals surface area contributed by atoms with Crippen LogP contribution in [0.15, 0.2) is 65.9 Å². The third-order valence-electron chi connectivity index (χ3n) is 3.22. The van der Waals surface area contributed by atoms with Crippen molar-refractivity contribution in [1.82, 2.24) is 4.98 Å². The predicted molar refractivity (Wildman–Crippen MR) is 86.0 cm³/mol. The maximum Gasteiger partial charge on any atom is 0.121 e. The average Bonchev–Trinajstić information content (AvgIpc) is 2.54. The van der Waals surface area contributed by atoms with Crippen LogP contribution in [0.3, 0.4) is 0 Å². The van der Waals surface area contributed by atoms with Crippen molar-refractivity contribution in [2.75, 3.05) is 6.61 Å². The summed E-state index contributed by atoms with van der Waals surface area (Å²) in [6.07, 6.45) is 5.64. The number of ether oxygens (including phenoxy) is 1. The van der Waals surface area contributed by atoms with Crippen molar-refractivity contribution in [1.29, 1.82) is 5.26 Å². The van der Waals surface area contributed by atoms with Crippen LogP contribution in [0.1, 0.15) is 12.0 Å². The summed E-state index contributed by atoms with van der Waals surface area (Å²) in [5.41, 5.74) is 0.0628. The lowest BCUT2D eigenvalue weighted by molar-refractivity contribution is 0.252. The van der Waals surface area contributed by atoms with E-state index in [0.29, 0.717) is 6.42 Å². The molecule has 0 N–H and O–H groups in total. The highest BCUT2D eigenvalue weighted by Crippen LogP contribution is 2.29. The van der Waals surface area contributed by atoms with Gasteiger partial charge >= 0.3 is 0 Å². The molecule has 1 atom stereocenters. The van der Waals surface area contributed by atoms with Gasteiger partial charge in [-0.25, -0.2) is 0 Å². The zero-order chi connectivity index (χ0) is 15.1. The molecule has 0 spiro atoms. The zero-order valence-corrected chi connectivity index (χ0v) is 13.1. The molecule has 1 aromatic heterocycles. The van der Waals surface area contributed by atoms with Crippen molar-refractivity contribution in [3.63, 3.8) is 0 Å². The van der Waals surface area contributed by atoms with Crippen LogP contribution >= 0.6 is 15.9 Å². The van der Waals surface area contributed by atoms with Crippen LogP contribution in [-0.4, -0.2) is 11.6 Å². The highest BCUT2D eigenvalue weighted by Gasteiger charge is 2.32. The lowest BCUT2D eigenvalue weighted by Gasteiger charge is -2.25. The number of rotatable bonds is 6. The lowest BCUT2D eigenvalue weighted by atomic mass is 9.80. The minimum Gasteiger partial charge on any atom is -0.492 e. The molecular formula is C17H15BrN2O. The standard InChI is InChI=1S/C17H15BrN2O/c1-2-9-17(12-19,14-4-3-10-20-11-14)13-21-16-7-5-15(18)6-8-16/h2-8,10-11H,1,9,13H2. The Morgan fingerprint density at radius 1 is 1.33 bits per heavy atom. The van der Waals surface area contributed by atoms with E-state index in [-0.39, 0.29) is 6.61 Å². The van der Waals surface area contributed by atoms with Gasteiger partial charge < -0.3 is 4.74 Å². The molecule has 0 saturated heterocycles. The first-order valence-corrected chi connectivity index (χ1v) is 7.30. The Morgan fingerprint density at radius 2 is 2.10 bits per heavy atom. The summed E-state index contributed by atoms with van der Waals surface area (Å²) in [6, 6.07) is 13.6. The second-order valence-corrected chi connectivity index (χ2v) is 5.59. The fourth-order valence-corrected chi connectivity index (χ4v) is 2.30. The molecule has 2 aromatic rings. The topological polar surface area (TPSA) is 45.9 Å². The SMILES string of the molecule is C=CCC(C#N)(COc1ccc(Br)cc1)c1cccnc1. The van der Waals surface area contributed by atoms with Gasteiger partial charge in [-0.05, 0) is 42.3 Å². The van der Waals surface area contributed by atoms with E-state index in [9.17, 15) is 5.26 Å². The molecule has 0 bridgehead atoms. The maximum atomic E-state index is 9.67. The molecule has 106 valence electrons. The number of benzene rings is 1. The first kappa shape index (κ1) is 15.3. The van der Waals surface area contributed by atoms with Crippen LogP contribution in [0, 0.1) is 11.3 Å². The van der Waals surface area contributed by atoms with Crippen LogP contribution in [0.5, 0.6) is 5.75 Å². The average molecular weight is 343 g/mol. The Labute approximate surface area is 133 Å². The second kappa shape index (κ2) is 7.05. The quantitative estimate of drug-likeness (QED) is 0.736. The summed E-state index contributed by atoms with van der Waals surface area (Å²) >= 11 is 3.38. The van der Waals surface area contributed by atoms with Crippen molar-refractivity contribution in [2.24, 2.45) is 0 Å². The molecule has 0 fully saturated rings. The number of aromatic nitrogens is 1. The Morgan fingerprint density at radius 3 is 2.67 bits per heavy atom. The first-order chi connectivity index (χ1) is 10.2. The highest BCUT2D eigenvalue weighted by molar-refractivity contribution is 9.10. The summed E-state index contributed by atoms with van der Waals surface area (Å²) in [5, 5.41) is 9.67. The molecule has 0 aliphatic carbocycles. The van der Waals surface area contributed by atoms with E-state index in [1.807, 2.05) is 36.4 Å². The van der Waals surface area contributed by atoms with Crippen LogP contribution in [0.4, 0.5) is 0 Å². The minimum atomic E-state index is -0.775. The third kappa shape index (κ3) is 3.71. The Balaban J connectivity index is 2.23. The van der Waals surface area contributed by atoms with Crippen molar-refractivity contribution in [3.8, 4) is 11.8 Å². The number of hydrogen-bond donors (Lipinski definition) is 0. The van der Waals surface area contributed by atoms with E-state index in [0.717, 1.165) is 15.8 Å². The summed E-state index contributed by atoms with van der Waals surface area (Å²) in [4.78, 5) is 4.10. The second-order valence-electron chi connectivity index (χ2n) is 4.67. The lowest BCUT2D eigenvalue weighted by Crippen LogP contribution is -2.31. The molecule has 1 unspecified atom stereocenters. The number of nitriles is 1. The van der Waals surface area contributed by atoms with Gasteiger partial charge in [-0.1, -0.05) is 28.1 Å². The molecule has 2 rings (SSSR count). The molecule has 0 amide bonds. The fourth-order valence-electron chi connectivity index (χ4n) is 2.03. The van der Waals surface area contributed by atoms with Crippen LogP contribution < -0.4 is 4.74 Å². The van der Waals surface area contributed by atoms with E-state index in [4.69, 9.17) is 4.74 Å². The van der Waals surface area contributed by atoms with Gasteiger partial charge in [0.1, 0.15) is 17.8 Å². The van der Waals surface area contributed by atoms with Crippen molar-refractivity contribution < 1.29 is 4.74 Å². The zero-order valence-electron chi connectivity index (χ0n) is 11.5. The molecule has 0 aliphatic heterocycles. The Kier molecular flexibility index (Phi) is 5.13. The van der Waals surface area contributed by atoms with Crippen molar-refractivity contribution >= 4 is 15.9 Å². The smallest absolute Gasteiger partial charge is 0.121 e. The summed E-state index contributed by atoms with van der Waals surface area (Å²) in [7, 11) is 0. The van der Waals surface area contributed by atoms with Gasteiger partial charge in [0.15, 0.2) is 0 Å². The number of halogens is 1. The van der Waals surface area contributed by atoms with Gasteiger partial charge in [-0.3, -0.25) is 4.98 Å². The van der Waals surface area contributed by atoms with Gasteiger partial charge in [0, 0.05) is 16.9 Å². The minimum absolute atomic E-state index is 0.253. The van der Waals surface area contributed by atoms with E-state index in [1.54, 1.807) is 18.5 Å². The third-order valence-corrected chi connectivity index (χ3v) is 3.75. The molecule has 1 heterocycles. The maximum absolute atomic E-state index is 9.67. The number of pyridine rings is 1. The normalized spacial score (nSPS) is 13.0. The number of allylic oxidation sites excluding steroid dienone is 1. The predicted octanol–water partition coefficient (Wildman–Crippen LogP) is 4.26. The summed E-state index contributed by atoms with van der Waals surface area (Å²) < 4.78 is 6.79. The molecule has 0 saturated carbocycles. The molecule has 21 heavy (non-hydrogen) atoms. The molecule has 4 heteroatoms. The van der Waals surface area contributed by atoms with Crippen LogP contribution in [-0.2, 0) is 5.41 Å². The van der Waals surface area contributed by atoms with Gasteiger partial charge in [0.25, 0.3) is 0 Å². The molecular weight excluding hydrogens is 328 g/mol. The Hall–Kier alpha value is -2.12. The summed E-state index contributed by atoms with van der Waals surface area (Å²) in [6.45, 7) is 4.01. The van der Waals surface area contributed by atoms with Gasteiger partial charge in [-0.2, -0.15) is 5.26 Å². The van der Waals surface area contributed by atoms with E-state index < -0.39 is 5.41 Å². The summed E-state index contributed by atoms with van der Waals surface area (Å²) in [5.74, 6) is 0.728. The van der Waals surface area contributed by atoms with Crippen LogP contribution in [0.2, 0.25) is 0 Å². The first-order valence-electron chi connectivity index (χ1n) is 6.51. The highest BCUT2D eigenvalue weighted by atomic mass is 79.9. The Bertz CT molecular complexity index is 634. The van der Waals surface area contributed by atoms with E-state index >= 15 is 0 Å². The van der Waals surface area contributed by atoms with E-state index in [1.165, 1.54) is 0 Å². The number of hydrogen-bond acceptors (Lipinski definition) is 3. The largest absolute Gasteiger partial charge is 0.492 e. The fraction of sp³-hybridized carbons (Fsp3) is 0.176. The number of nitrogens with zero attached hydrogens (tertiary/aromatic N) is 2. The van der Waals surface area contributed by atoms with Gasteiger partial charge in [0.2, 0.25) is 0 Å². The van der Waals surface area contributed by atoms with Gasteiger partial charge in [0.05, 0.1) is 6.07 Å². The molecule has 1 aromatic carbocycles. The molecule has 0 radical (unpaired) electrons. The monoisotopic (exact) mass is 342 g/mol. The molecule has 3 nitrogen and oxygen atoms in total.